The van der Waals surface area contributed by atoms with Crippen molar-refractivity contribution < 1.29 is 4.79 Å². The number of hydrogen-bond acceptors (Lipinski definition) is 3. The van der Waals surface area contributed by atoms with Crippen LogP contribution in [0.5, 0.6) is 0 Å². The second-order valence-corrected chi connectivity index (χ2v) is 7.43. The fourth-order valence-corrected chi connectivity index (χ4v) is 3.92. The van der Waals surface area contributed by atoms with Crippen LogP contribution in [0.3, 0.4) is 0 Å². The van der Waals surface area contributed by atoms with Crippen LogP contribution in [0.25, 0.3) is 5.82 Å². The Labute approximate surface area is 166 Å². The molecule has 0 unspecified atom stereocenters. The van der Waals surface area contributed by atoms with Gasteiger partial charge in [-0.3, -0.25) is 9.36 Å². The van der Waals surface area contributed by atoms with Crippen LogP contribution in [0.4, 0.5) is 0 Å². The molecule has 4 rings (SSSR count). The van der Waals surface area contributed by atoms with E-state index in [2.05, 4.69) is 23.2 Å². The number of imidazole rings is 1. The fourth-order valence-electron chi connectivity index (χ4n) is 3.92. The summed E-state index contributed by atoms with van der Waals surface area (Å²) in [6.07, 6.45) is 7.19. The maximum absolute atomic E-state index is 12.7. The Morgan fingerprint density at radius 3 is 2.79 bits per heavy atom. The minimum absolute atomic E-state index is 0.246. The number of benzene rings is 1. The molecule has 0 radical (unpaired) electrons. The number of carbonyl (C=O) groups is 1. The minimum Gasteiger partial charge on any atom is -0.342 e. The summed E-state index contributed by atoms with van der Waals surface area (Å²) in [5.74, 6) is 2.35. The van der Waals surface area contributed by atoms with Crippen molar-refractivity contribution in [1.29, 1.82) is 0 Å². The van der Waals surface area contributed by atoms with Gasteiger partial charge >= 0.3 is 0 Å². The van der Waals surface area contributed by atoms with Crippen molar-refractivity contribution in [3.05, 3.63) is 78.0 Å². The number of piperidine rings is 1. The highest BCUT2D eigenvalue weighted by molar-refractivity contribution is 5.76. The average Bonchev–Trinajstić information content (AvgIpc) is 3.19. The topological polar surface area (TPSA) is 51.0 Å². The molecule has 5 nitrogen and oxygen atoms in total. The monoisotopic (exact) mass is 374 g/mol. The number of aryl methyl sites for hydroxylation is 2. The third-order valence-corrected chi connectivity index (χ3v) is 5.49. The number of amides is 1. The molecule has 0 saturated carbocycles. The van der Waals surface area contributed by atoms with Crippen LogP contribution < -0.4 is 0 Å². The highest BCUT2D eigenvalue weighted by Crippen LogP contribution is 2.27. The van der Waals surface area contributed by atoms with Crippen molar-refractivity contribution >= 4 is 5.91 Å². The van der Waals surface area contributed by atoms with E-state index in [1.54, 1.807) is 6.20 Å². The van der Waals surface area contributed by atoms with Gasteiger partial charge in [0.15, 0.2) is 0 Å². The predicted molar refractivity (Wildman–Crippen MR) is 109 cm³/mol. The lowest BCUT2D eigenvalue weighted by Gasteiger charge is -2.32. The first-order valence-corrected chi connectivity index (χ1v) is 9.99. The first-order valence-electron chi connectivity index (χ1n) is 9.99. The zero-order valence-electron chi connectivity index (χ0n) is 16.3. The summed E-state index contributed by atoms with van der Waals surface area (Å²) in [5.41, 5.74) is 2.28. The smallest absolute Gasteiger partial charge is 0.222 e. The number of pyridine rings is 1. The van der Waals surface area contributed by atoms with E-state index in [0.717, 1.165) is 49.7 Å². The predicted octanol–water partition coefficient (Wildman–Crippen LogP) is 3.91. The number of carbonyl (C=O) groups excluding carboxylic acids is 1. The maximum atomic E-state index is 12.7. The van der Waals surface area contributed by atoms with Gasteiger partial charge < -0.3 is 4.90 Å². The van der Waals surface area contributed by atoms with Gasteiger partial charge in [0, 0.05) is 43.5 Å². The van der Waals surface area contributed by atoms with Crippen molar-refractivity contribution in [2.45, 2.75) is 38.5 Å². The van der Waals surface area contributed by atoms with E-state index in [1.165, 1.54) is 5.56 Å². The van der Waals surface area contributed by atoms with Crippen molar-refractivity contribution in [2.24, 2.45) is 0 Å². The second kappa shape index (κ2) is 8.38. The molecule has 0 N–H and O–H groups in total. The van der Waals surface area contributed by atoms with Crippen LogP contribution in [-0.2, 0) is 11.2 Å². The summed E-state index contributed by atoms with van der Waals surface area (Å²) >= 11 is 0. The zero-order chi connectivity index (χ0) is 19.3. The average molecular weight is 374 g/mol. The standard InChI is InChI=1S/C23H26N4O/c1-18-24-14-16-27(18)22-11-5-10-21(25-22)20-9-6-15-26(17-20)23(28)13-12-19-7-3-2-4-8-19/h2-5,7-8,10-11,14,16,20H,6,9,12-13,15,17H2,1H3/t20-/m1/s1. The van der Waals surface area contributed by atoms with E-state index in [0.29, 0.717) is 12.3 Å². The Morgan fingerprint density at radius 1 is 1.14 bits per heavy atom. The first kappa shape index (κ1) is 18.4. The normalized spacial score (nSPS) is 16.9. The molecule has 1 aliphatic rings. The molecule has 3 aromatic rings. The summed E-state index contributed by atoms with van der Waals surface area (Å²) < 4.78 is 2.00. The van der Waals surface area contributed by atoms with E-state index < -0.39 is 0 Å². The molecule has 0 spiro atoms. The molecule has 144 valence electrons. The summed E-state index contributed by atoms with van der Waals surface area (Å²) in [6, 6.07) is 16.4. The largest absolute Gasteiger partial charge is 0.342 e. The molecular formula is C23H26N4O. The molecule has 0 aliphatic carbocycles. The van der Waals surface area contributed by atoms with Gasteiger partial charge in [0.05, 0.1) is 0 Å². The molecule has 3 heterocycles. The van der Waals surface area contributed by atoms with Crippen LogP contribution >= 0.6 is 0 Å². The Morgan fingerprint density at radius 2 is 2.00 bits per heavy atom. The lowest BCUT2D eigenvalue weighted by atomic mass is 9.94. The van der Waals surface area contributed by atoms with E-state index in [9.17, 15) is 4.79 Å². The molecule has 1 amide bonds. The molecule has 1 saturated heterocycles. The van der Waals surface area contributed by atoms with E-state index in [1.807, 2.05) is 52.9 Å². The third-order valence-electron chi connectivity index (χ3n) is 5.49. The maximum Gasteiger partial charge on any atom is 0.222 e. The van der Waals surface area contributed by atoms with Gasteiger partial charge in [0.1, 0.15) is 11.6 Å². The second-order valence-electron chi connectivity index (χ2n) is 7.43. The number of likely N-dealkylation sites (tertiary alicyclic amines) is 1. The summed E-state index contributed by atoms with van der Waals surface area (Å²) in [7, 11) is 0. The minimum atomic E-state index is 0.246. The molecule has 5 heteroatoms. The van der Waals surface area contributed by atoms with Gasteiger partial charge in [-0.1, -0.05) is 36.4 Å². The highest BCUT2D eigenvalue weighted by Gasteiger charge is 2.25. The third kappa shape index (κ3) is 4.14. The Hall–Kier alpha value is -2.95. The van der Waals surface area contributed by atoms with Crippen LogP contribution in [-0.4, -0.2) is 38.4 Å². The highest BCUT2D eigenvalue weighted by atomic mass is 16.2. The van der Waals surface area contributed by atoms with Crippen molar-refractivity contribution in [2.75, 3.05) is 13.1 Å². The molecule has 0 bridgehead atoms. The lowest BCUT2D eigenvalue weighted by Crippen LogP contribution is -2.39. The van der Waals surface area contributed by atoms with E-state index >= 15 is 0 Å². The molecule has 1 aliphatic heterocycles. The summed E-state index contributed by atoms with van der Waals surface area (Å²) in [6.45, 7) is 3.58. The molecular weight excluding hydrogens is 348 g/mol. The molecule has 28 heavy (non-hydrogen) atoms. The van der Waals surface area contributed by atoms with Crippen LogP contribution in [0.1, 0.15) is 42.3 Å². The molecule has 1 aromatic carbocycles. The Balaban J connectivity index is 1.42. The molecule has 2 aromatic heterocycles. The van der Waals surface area contributed by atoms with Gasteiger partial charge in [-0.25, -0.2) is 9.97 Å². The fraction of sp³-hybridized carbons (Fsp3) is 0.348. The lowest BCUT2D eigenvalue weighted by molar-refractivity contribution is -0.132. The summed E-state index contributed by atoms with van der Waals surface area (Å²) in [5, 5.41) is 0. The van der Waals surface area contributed by atoms with Gasteiger partial charge in [-0.2, -0.15) is 0 Å². The summed E-state index contributed by atoms with van der Waals surface area (Å²) in [4.78, 5) is 23.9. The van der Waals surface area contributed by atoms with Crippen LogP contribution in [0, 0.1) is 6.92 Å². The van der Waals surface area contributed by atoms with E-state index in [4.69, 9.17) is 4.98 Å². The van der Waals surface area contributed by atoms with E-state index in [-0.39, 0.29) is 5.91 Å². The molecule has 1 atom stereocenters. The first-order chi connectivity index (χ1) is 13.7. The number of hydrogen-bond donors (Lipinski definition) is 0. The van der Waals surface area contributed by atoms with Crippen LogP contribution in [0.15, 0.2) is 60.9 Å². The Bertz CT molecular complexity index is 935. The quantitative estimate of drug-likeness (QED) is 0.680. The van der Waals surface area contributed by atoms with Crippen molar-refractivity contribution in [1.82, 2.24) is 19.4 Å². The van der Waals surface area contributed by atoms with Crippen molar-refractivity contribution in [3.8, 4) is 5.82 Å². The SMILES string of the molecule is Cc1nccn1-c1cccc([C@@H]2CCCN(C(=O)CCc3ccccc3)C2)n1. The molecule has 1 fully saturated rings. The van der Waals surface area contributed by atoms with Crippen molar-refractivity contribution in [3.63, 3.8) is 0 Å². The van der Waals surface area contributed by atoms with Gasteiger partial charge in [0.2, 0.25) is 5.91 Å². The number of nitrogens with zero attached hydrogens (tertiary/aromatic N) is 4. The van der Waals surface area contributed by atoms with Gasteiger partial charge in [-0.15, -0.1) is 0 Å². The zero-order valence-corrected chi connectivity index (χ0v) is 16.3. The van der Waals surface area contributed by atoms with Crippen LogP contribution in [0.2, 0.25) is 0 Å². The Kier molecular flexibility index (Phi) is 5.51. The van der Waals surface area contributed by atoms with Gasteiger partial charge in [0.25, 0.3) is 0 Å². The van der Waals surface area contributed by atoms with Gasteiger partial charge in [-0.05, 0) is 43.9 Å². The number of rotatable bonds is 5. The number of aromatic nitrogens is 3.